The maximum atomic E-state index is 12.7. The molecule has 110 valence electrons. The molecule has 0 fully saturated rings. The van der Waals surface area contributed by atoms with E-state index in [1.807, 2.05) is 18.2 Å². The number of hydrogen-bond donors (Lipinski definition) is 0. The first-order chi connectivity index (χ1) is 9.84. The van der Waals surface area contributed by atoms with E-state index in [9.17, 15) is 13.6 Å². The van der Waals surface area contributed by atoms with Gasteiger partial charge in [0.15, 0.2) is 0 Å². The Hall–Kier alpha value is -1.70. The van der Waals surface area contributed by atoms with Crippen LogP contribution < -0.4 is 9.47 Å². The Morgan fingerprint density at radius 3 is 2.24 bits per heavy atom. The van der Waals surface area contributed by atoms with Gasteiger partial charge in [0.2, 0.25) is 0 Å². The van der Waals surface area contributed by atoms with Crippen LogP contribution in [0.4, 0.5) is 8.78 Å². The second-order valence-corrected chi connectivity index (χ2v) is 5.55. The van der Waals surface area contributed by atoms with Crippen molar-refractivity contribution in [2.75, 3.05) is 0 Å². The average molecular weight is 404 g/mol. The van der Waals surface area contributed by atoms with Crippen molar-refractivity contribution in [1.29, 1.82) is 0 Å². The van der Waals surface area contributed by atoms with Gasteiger partial charge in [-0.25, -0.2) is 4.79 Å². The highest BCUT2D eigenvalue weighted by atomic mass is 127. The van der Waals surface area contributed by atoms with Crippen molar-refractivity contribution in [3.8, 4) is 17.2 Å². The van der Waals surface area contributed by atoms with Crippen LogP contribution in [0.15, 0.2) is 48.5 Å². The van der Waals surface area contributed by atoms with Crippen LogP contribution in [-0.4, -0.2) is 11.9 Å². The van der Waals surface area contributed by atoms with Crippen LogP contribution in [0.5, 0.6) is 17.2 Å². The van der Waals surface area contributed by atoms with E-state index in [0.717, 1.165) is 3.57 Å². The minimum Gasteiger partial charge on any atom is -0.457 e. The molecule has 0 heterocycles. The molecule has 0 aliphatic heterocycles. The lowest BCUT2D eigenvalue weighted by molar-refractivity contribution is -0.158. The molecule has 0 aromatic heterocycles. The molecule has 0 saturated heterocycles. The van der Waals surface area contributed by atoms with Gasteiger partial charge in [-0.2, -0.15) is 8.78 Å². The maximum absolute atomic E-state index is 12.7. The smallest absolute Gasteiger partial charge is 0.382 e. The highest BCUT2D eigenvalue weighted by molar-refractivity contribution is 14.1. The number of ether oxygens (including phenoxy) is 2. The fraction of sp³-hybridized carbons (Fsp3) is 0.133. The van der Waals surface area contributed by atoms with Crippen LogP contribution in [0.3, 0.4) is 0 Å². The molecule has 21 heavy (non-hydrogen) atoms. The molecule has 0 aliphatic carbocycles. The average Bonchev–Trinajstić information content (AvgIpc) is 2.40. The number of carbonyl (C=O) groups is 1. The summed E-state index contributed by atoms with van der Waals surface area (Å²) in [5.41, 5.74) is 0. The summed E-state index contributed by atoms with van der Waals surface area (Å²) in [6.07, 6.45) is 0. The summed E-state index contributed by atoms with van der Waals surface area (Å²) >= 11 is 2.17. The molecule has 0 spiro atoms. The molecule has 2 aromatic carbocycles. The van der Waals surface area contributed by atoms with E-state index in [1.54, 1.807) is 6.07 Å². The predicted octanol–water partition coefficient (Wildman–Crippen LogP) is 4.64. The molecule has 0 bridgehead atoms. The molecular formula is C15H11F2IO3. The van der Waals surface area contributed by atoms with E-state index in [0.29, 0.717) is 18.4 Å². The van der Waals surface area contributed by atoms with Crippen LogP contribution in [0.1, 0.15) is 6.92 Å². The second kappa shape index (κ2) is 6.38. The second-order valence-electron chi connectivity index (χ2n) is 4.31. The Bertz CT molecular complexity index is 636. The standard InChI is InChI=1S/C15H11F2IO3/c1-15(16,17)14(19)21-12-7-5-11(6-8-12)20-13-4-2-3-10(18)9-13/h2-9H,1H3. The fourth-order valence-corrected chi connectivity index (χ4v) is 1.95. The van der Waals surface area contributed by atoms with E-state index in [-0.39, 0.29) is 5.75 Å². The van der Waals surface area contributed by atoms with Gasteiger partial charge in [-0.1, -0.05) is 6.07 Å². The van der Waals surface area contributed by atoms with Gasteiger partial charge in [0.25, 0.3) is 0 Å². The van der Waals surface area contributed by atoms with Gasteiger partial charge < -0.3 is 9.47 Å². The van der Waals surface area contributed by atoms with E-state index >= 15 is 0 Å². The van der Waals surface area contributed by atoms with Gasteiger partial charge >= 0.3 is 11.9 Å². The molecule has 0 unspecified atom stereocenters. The lowest BCUT2D eigenvalue weighted by Gasteiger charge is -2.10. The summed E-state index contributed by atoms with van der Waals surface area (Å²) in [5, 5.41) is 0. The lowest BCUT2D eigenvalue weighted by atomic mass is 10.3. The summed E-state index contributed by atoms with van der Waals surface area (Å²) in [5.74, 6) is -3.90. The van der Waals surface area contributed by atoms with E-state index in [2.05, 4.69) is 27.3 Å². The zero-order valence-corrected chi connectivity index (χ0v) is 13.1. The third-order valence-corrected chi connectivity index (χ3v) is 3.10. The van der Waals surface area contributed by atoms with Crippen LogP contribution in [-0.2, 0) is 4.79 Å². The first-order valence-corrected chi connectivity index (χ1v) is 7.06. The molecule has 0 N–H and O–H groups in total. The van der Waals surface area contributed by atoms with Crippen LogP contribution in [0.25, 0.3) is 0 Å². The van der Waals surface area contributed by atoms with Gasteiger partial charge in [0.1, 0.15) is 17.2 Å². The number of carbonyl (C=O) groups excluding carboxylic acids is 1. The highest BCUT2D eigenvalue weighted by Crippen LogP contribution is 2.26. The van der Waals surface area contributed by atoms with Crippen LogP contribution in [0, 0.1) is 3.57 Å². The van der Waals surface area contributed by atoms with Crippen molar-refractivity contribution in [2.24, 2.45) is 0 Å². The molecular weight excluding hydrogens is 393 g/mol. The van der Waals surface area contributed by atoms with Crippen molar-refractivity contribution in [2.45, 2.75) is 12.8 Å². The lowest BCUT2D eigenvalue weighted by Crippen LogP contribution is -2.29. The molecule has 3 nitrogen and oxygen atoms in total. The minimum atomic E-state index is -3.52. The van der Waals surface area contributed by atoms with Crippen molar-refractivity contribution in [3.63, 3.8) is 0 Å². The van der Waals surface area contributed by atoms with Crippen molar-refractivity contribution < 1.29 is 23.0 Å². The zero-order chi connectivity index (χ0) is 15.5. The van der Waals surface area contributed by atoms with Gasteiger partial charge in [-0.15, -0.1) is 0 Å². The van der Waals surface area contributed by atoms with Crippen LogP contribution >= 0.6 is 22.6 Å². The third kappa shape index (κ3) is 4.66. The number of halogens is 3. The molecule has 0 radical (unpaired) electrons. The Morgan fingerprint density at radius 1 is 1.05 bits per heavy atom. The summed E-state index contributed by atoms with van der Waals surface area (Å²) in [4.78, 5) is 11.0. The van der Waals surface area contributed by atoms with Crippen LogP contribution in [0.2, 0.25) is 0 Å². The van der Waals surface area contributed by atoms with Crippen molar-refractivity contribution in [3.05, 3.63) is 52.1 Å². The molecule has 6 heteroatoms. The SMILES string of the molecule is CC(F)(F)C(=O)Oc1ccc(Oc2cccc(I)c2)cc1. The van der Waals surface area contributed by atoms with Gasteiger partial charge in [0, 0.05) is 10.5 Å². The van der Waals surface area contributed by atoms with Gasteiger partial charge in [0.05, 0.1) is 0 Å². The molecule has 0 aliphatic rings. The number of esters is 1. The summed E-state index contributed by atoms with van der Waals surface area (Å²) in [6, 6.07) is 13.3. The summed E-state index contributed by atoms with van der Waals surface area (Å²) < 4.78 is 36.6. The Balaban J connectivity index is 2.04. The Labute approximate surface area is 134 Å². The molecule has 0 amide bonds. The monoisotopic (exact) mass is 404 g/mol. The summed E-state index contributed by atoms with van der Waals surface area (Å²) in [7, 11) is 0. The number of alkyl halides is 2. The normalized spacial score (nSPS) is 11.0. The molecule has 2 aromatic rings. The molecule has 0 saturated carbocycles. The van der Waals surface area contributed by atoms with Crippen molar-refractivity contribution in [1.82, 2.24) is 0 Å². The first-order valence-electron chi connectivity index (χ1n) is 5.98. The summed E-state index contributed by atoms with van der Waals surface area (Å²) in [6.45, 7) is 0.490. The van der Waals surface area contributed by atoms with Crippen molar-refractivity contribution >= 4 is 28.6 Å². The van der Waals surface area contributed by atoms with E-state index in [1.165, 1.54) is 24.3 Å². The minimum absolute atomic E-state index is 0.0384. The maximum Gasteiger partial charge on any atom is 0.382 e. The van der Waals surface area contributed by atoms with E-state index in [4.69, 9.17) is 4.74 Å². The van der Waals surface area contributed by atoms with Gasteiger partial charge in [-0.3, -0.25) is 0 Å². The Morgan fingerprint density at radius 2 is 1.67 bits per heavy atom. The largest absolute Gasteiger partial charge is 0.457 e. The number of hydrogen-bond acceptors (Lipinski definition) is 3. The topological polar surface area (TPSA) is 35.5 Å². The zero-order valence-electron chi connectivity index (χ0n) is 11.0. The number of benzene rings is 2. The van der Waals surface area contributed by atoms with E-state index < -0.39 is 11.9 Å². The van der Waals surface area contributed by atoms with Gasteiger partial charge in [-0.05, 0) is 65.1 Å². The first kappa shape index (κ1) is 15.7. The third-order valence-electron chi connectivity index (χ3n) is 2.42. The highest BCUT2D eigenvalue weighted by Gasteiger charge is 2.34. The molecule has 2 rings (SSSR count). The molecule has 0 atom stereocenters. The Kier molecular flexibility index (Phi) is 4.76. The quantitative estimate of drug-likeness (QED) is 0.423. The predicted molar refractivity (Wildman–Crippen MR) is 81.9 cm³/mol. The number of rotatable bonds is 4. The fourth-order valence-electron chi connectivity index (χ4n) is 1.44.